The highest BCUT2D eigenvalue weighted by Gasteiger charge is 2.15. The minimum Gasteiger partial charge on any atom is -0.497 e. The molecule has 164 valence electrons. The van der Waals surface area contributed by atoms with Gasteiger partial charge in [-0.15, -0.1) is 5.10 Å². The van der Waals surface area contributed by atoms with Gasteiger partial charge < -0.3 is 10.1 Å². The molecule has 0 saturated heterocycles. The van der Waals surface area contributed by atoms with Crippen LogP contribution in [-0.4, -0.2) is 32.6 Å². The third kappa shape index (κ3) is 4.61. The number of fused-ring (bicyclic) bond motifs is 1. The second-order valence-electron chi connectivity index (χ2n) is 7.90. The average Bonchev–Trinajstić information content (AvgIpc) is 3.23. The Bertz CT molecular complexity index is 1260. The van der Waals surface area contributed by atoms with Crippen LogP contribution >= 0.6 is 0 Å². The number of ether oxygens (including phenoxy) is 1. The lowest BCUT2D eigenvalue weighted by molar-refractivity contribution is -0.121. The molecule has 1 N–H and O–H groups in total. The van der Waals surface area contributed by atoms with Crippen molar-refractivity contribution in [1.82, 2.24) is 24.9 Å². The highest BCUT2D eigenvalue weighted by atomic mass is 16.5. The molecule has 7 nitrogen and oxygen atoms in total. The maximum atomic E-state index is 12.4. The van der Waals surface area contributed by atoms with Crippen molar-refractivity contribution in [3.63, 3.8) is 0 Å². The zero-order valence-corrected chi connectivity index (χ0v) is 18.8. The average molecular weight is 430 g/mol. The SMILES string of the molecule is COc1cccc(-c2nc3nc(C)c(CCC(=O)NCc4ccc(C)cc4)c(C)n3n2)c1. The second-order valence-corrected chi connectivity index (χ2v) is 7.90. The molecule has 7 heteroatoms. The maximum Gasteiger partial charge on any atom is 0.253 e. The zero-order chi connectivity index (χ0) is 22.7. The first-order chi connectivity index (χ1) is 15.4. The summed E-state index contributed by atoms with van der Waals surface area (Å²) in [6, 6.07) is 15.8. The van der Waals surface area contributed by atoms with Crippen LogP contribution in [0.25, 0.3) is 17.2 Å². The Labute approximate surface area is 187 Å². The number of methoxy groups -OCH3 is 1. The molecule has 0 aliphatic carbocycles. The molecule has 1 amide bonds. The van der Waals surface area contributed by atoms with Crippen LogP contribution in [0.2, 0.25) is 0 Å². The molecule has 2 aromatic heterocycles. The highest BCUT2D eigenvalue weighted by molar-refractivity contribution is 5.76. The van der Waals surface area contributed by atoms with Crippen molar-refractivity contribution in [3.8, 4) is 17.1 Å². The van der Waals surface area contributed by atoms with Crippen LogP contribution in [-0.2, 0) is 17.8 Å². The summed E-state index contributed by atoms with van der Waals surface area (Å²) in [7, 11) is 1.63. The van der Waals surface area contributed by atoms with E-state index < -0.39 is 0 Å². The number of benzene rings is 2. The predicted molar refractivity (Wildman–Crippen MR) is 124 cm³/mol. The fourth-order valence-electron chi connectivity index (χ4n) is 3.69. The molecular weight excluding hydrogens is 402 g/mol. The van der Waals surface area contributed by atoms with Crippen LogP contribution in [0.5, 0.6) is 5.75 Å². The van der Waals surface area contributed by atoms with E-state index in [4.69, 9.17) is 4.74 Å². The van der Waals surface area contributed by atoms with Gasteiger partial charge in [0.1, 0.15) is 5.75 Å². The molecule has 2 heterocycles. The summed E-state index contributed by atoms with van der Waals surface area (Å²) in [5, 5.41) is 7.65. The molecular formula is C25H27N5O2. The first-order valence-electron chi connectivity index (χ1n) is 10.6. The Morgan fingerprint density at radius 2 is 1.84 bits per heavy atom. The van der Waals surface area contributed by atoms with Gasteiger partial charge in [-0.05, 0) is 50.5 Å². The molecule has 0 atom stereocenters. The fourth-order valence-corrected chi connectivity index (χ4v) is 3.69. The predicted octanol–water partition coefficient (Wildman–Crippen LogP) is 3.97. The lowest BCUT2D eigenvalue weighted by Gasteiger charge is -2.10. The van der Waals surface area contributed by atoms with Crippen LogP contribution in [0.15, 0.2) is 48.5 Å². The van der Waals surface area contributed by atoms with Gasteiger partial charge in [0.05, 0.1) is 7.11 Å². The molecule has 4 rings (SSSR count). The number of rotatable bonds is 7. The van der Waals surface area contributed by atoms with Crippen molar-refractivity contribution >= 4 is 11.7 Å². The number of nitrogens with one attached hydrogen (secondary N) is 1. The summed E-state index contributed by atoms with van der Waals surface area (Å²) < 4.78 is 7.06. The summed E-state index contributed by atoms with van der Waals surface area (Å²) in [5.74, 6) is 1.90. The third-order valence-electron chi connectivity index (χ3n) is 5.59. The third-order valence-corrected chi connectivity index (χ3v) is 5.59. The van der Waals surface area contributed by atoms with Crippen molar-refractivity contribution in [2.75, 3.05) is 7.11 Å². The Kier molecular flexibility index (Phi) is 6.16. The molecule has 32 heavy (non-hydrogen) atoms. The van der Waals surface area contributed by atoms with Crippen LogP contribution in [0, 0.1) is 20.8 Å². The van der Waals surface area contributed by atoms with Gasteiger partial charge >= 0.3 is 0 Å². The topological polar surface area (TPSA) is 81.4 Å². The molecule has 0 aliphatic rings. The van der Waals surface area contributed by atoms with Crippen LogP contribution < -0.4 is 10.1 Å². The van der Waals surface area contributed by atoms with E-state index in [-0.39, 0.29) is 5.91 Å². The van der Waals surface area contributed by atoms with E-state index in [1.807, 2.05) is 69.3 Å². The van der Waals surface area contributed by atoms with Crippen molar-refractivity contribution in [1.29, 1.82) is 0 Å². The van der Waals surface area contributed by atoms with Crippen molar-refractivity contribution in [2.24, 2.45) is 0 Å². The summed E-state index contributed by atoms with van der Waals surface area (Å²) in [6.07, 6.45) is 0.979. The Hall–Kier alpha value is -3.74. The first kappa shape index (κ1) is 21.5. The van der Waals surface area contributed by atoms with E-state index in [0.29, 0.717) is 31.0 Å². The molecule has 0 radical (unpaired) electrons. The summed E-state index contributed by atoms with van der Waals surface area (Å²) in [5.41, 5.74) is 5.99. The van der Waals surface area contributed by atoms with Gasteiger partial charge in [0.25, 0.3) is 5.78 Å². The zero-order valence-electron chi connectivity index (χ0n) is 18.8. The number of aromatic nitrogens is 4. The van der Waals surface area contributed by atoms with Crippen molar-refractivity contribution in [2.45, 2.75) is 40.2 Å². The molecule has 0 spiro atoms. The van der Waals surface area contributed by atoms with Crippen LogP contribution in [0.1, 0.15) is 34.5 Å². The fraction of sp³-hybridized carbons (Fsp3) is 0.280. The lowest BCUT2D eigenvalue weighted by Crippen LogP contribution is -2.23. The maximum absolute atomic E-state index is 12.4. The Morgan fingerprint density at radius 3 is 2.59 bits per heavy atom. The quantitative estimate of drug-likeness (QED) is 0.481. The van der Waals surface area contributed by atoms with Crippen molar-refractivity contribution < 1.29 is 9.53 Å². The molecule has 0 aliphatic heterocycles. The van der Waals surface area contributed by atoms with E-state index in [0.717, 1.165) is 33.8 Å². The molecule has 0 bridgehead atoms. The van der Waals surface area contributed by atoms with E-state index >= 15 is 0 Å². The van der Waals surface area contributed by atoms with Gasteiger partial charge in [0.15, 0.2) is 5.82 Å². The number of hydrogen-bond acceptors (Lipinski definition) is 5. The van der Waals surface area contributed by atoms with E-state index in [9.17, 15) is 4.79 Å². The minimum absolute atomic E-state index is 0.0140. The second kappa shape index (κ2) is 9.18. The molecule has 0 saturated carbocycles. The van der Waals surface area contributed by atoms with Gasteiger partial charge in [0, 0.05) is 29.9 Å². The number of aryl methyl sites for hydroxylation is 3. The van der Waals surface area contributed by atoms with E-state index in [1.165, 1.54) is 5.56 Å². The Balaban J connectivity index is 1.48. The number of nitrogens with zero attached hydrogens (tertiary/aromatic N) is 4. The number of carbonyl (C=O) groups excluding carboxylic acids is 1. The van der Waals surface area contributed by atoms with Crippen LogP contribution in [0.4, 0.5) is 0 Å². The van der Waals surface area contributed by atoms with Gasteiger partial charge in [-0.3, -0.25) is 4.79 Å². The largest absolute Gasteiger partial charge is 0.497 e. The first-order valence-corrected chi connectivity index (χ1v) is 10.6. The number of amides is 1. The minimum atomic E-state index is 0.0140. The van der Waals surface area contributed by atoms with Gasteiger partial charge in [-0.2, -0.15) is 4.98 Å². The summed E-state index contributed by atoms with van der Waals surface area (Å²) in [6.45, 7) is 6.52. The smallest absolute Gasteiger partial charge is 0.253 e. The number of hydrogen-bond donors (Lipinski definition) is 1. The van der Waals surface area contributed by atoms with Gasteiger partial charge in [0.2, 0.25) is 5.91 Å². The lowest BCUT2D eigenvalue weighted by atomic mass is 10.1. The van der Waals surface area contributed by atoms with E-state index in [1.54, 1.807) is 11.6 Å². The van der Waals surface area contributed by atoms with Gasteiger partial charge in [-0.1, -0.05) is 42.0 Å². The summed E-state index contributed by atoms with van der Waals surface area (Å²) in [4.78, 5) is 21.6. The summed E-state index contributed by atoms with van der Waals surface area (Å²) >= 11 is 0. The Morgan fingerprint density at radius 1 is 1.06 bits per heavy atom. The van der Waals surface area contributed by atoms with E-state index in [2.05, 4.69) is 20.4 Å². The highest BCUT2D eigenvalue weighted by Crippen LogP contribution is 2.23. The van der Waals surface area contributed by atoms with Gasteiger partial charge in [-0.25, -0.2) is 9.50 Å². The molecule has 0 fully saturated rings. The normalized spacial score (nSPS) is 11.0. The molecule has 0 unspecified atom stereocenters. The molecule has 4 aromatic rings. The standard InChI is InChI=1S/C25H27N5O2/c1-16-8-10-19(11-9-16)15-26-23(31)13-12-22-17(2)27-25-28-24(29-30(25)18(22)3)20-6-5-7-21(14-20)32-4/h5-11,14H,12-13,15H2,1-4H3,(H,26,31). The van der Waals surface area contributed by atoms with Crippen LogP contribution in [0.3, 0.4) is 0 Å². The van der Waals surface area contributed by atoms with Crippen molar-refractivity contribution in [3.05, 3.63) is 76.6 Å². The monoisotopic (exact) mass is 429 g/mol. The number of carbonyl (C=O) groups is 1. The molecule has 2 aromatic carbocycles.